The Kier molecular flexibility index (Phi) is 2.55. The largest absolute Gasteiger partial charge is 0.377 e. The van der Waals surface area contributed by atoms with E-state index < -0.39 is 5.60 Å². The van der Waals surface area contributed by atoms with Crippen LogP contribution in [0.4, 0.5) is 0 Å². The zero-order valence-electron chi connectivity index (χ0n) is 8.79. The maximum Gasteiger partial charge on any atom is 0.130 e. The molecule has 2 aliphatic rings. The van der Waals surface area contributed by atoms with Crippen molar-refractivity contribution >= 4 is 0 Å². The molecule has 1 saturated carbocycles. The third-order valence-corrected chi connectivity index (χ3v) is 3.75. The van der Waals surface area contributed by atoms with Gasteiger partial charge in [-0.2, -0.15) is 0 Å². The topological polar surface area (TPSA) is 32.3 Å². The molecule has 1 heterocycles. The number of hydrogen-bond donors (Lipinski definition) is 2. The number of rotatable bonds is 0. The van der Waals surface area contributed by atoms with Crippen LogP contribution in [0.25, 0.3) is 0 Å². The summed E-state index contributed by atoms with van der Waals surface area (Å²) in [7, 11) is 0. The van der Waals surface area contributed by atoms with E-state index in [9.17, 15) is 5.11 Å². The monoisotopic (exact) mass is 193 g/mol. The van der Waals surface area contributed by atoms with Gasteiger partial charge in [0.05, 0.1) is 0 Å². The van der Waals surface area contributed by atoms with Gasteiger partial charge in [-0.1, -0.05) is 18.8 Å². The summed E-state index contributed by atoms with van der Waals surface area (Å²) in [5, 5.41) is 13.9. The van der Waals surface area contributed by atoms with E-state index in [-0.39, 0.29) is 5.92 Å². The first-order valence-electron chi connectivity index (χ1n) is 5.62. The molecule has 2 nitrogen and oxygen atoms in total. The first-order valence-corrected chi connectivity index (χ1v) is 5.62. The Balaban J connectivity index is 2.20. The van der Waals surface area contributed by atoms with E-state index in [2.05, 4.69) is 18.2 Å². The van der Waals surface area contributed by atoms with Gasteiger partial charge in [0.25, 0.3) is 0 Å². The zero-order chi connectivity index (χ0) is 10.2. The smallest absolute Gasteiger partial charge is 0.130 e. The normalized spacial score (nSPS) is 47.9. The highest BCUT2D eigenvalue weighted by Crippen LogP contribution is 2.38. The molecular weight excluding hydrogens is 174 g/mol. The lowest BCUT2D eigenvalue weighted by molar-refractivity contribution is -0.0384. The van der Waals surface area contributed by atoms with E-state index >= 15 is 0 Å². The van der Waals surface area contributed by atoms with Crippen LogP contribution in [0.15, 0.2) is 0 Å². The number of aliphatic hydroxyl groups is 1. The molecule has 0 radical (unpaired) electrons. The predicted octanol–water partition coefficient (Wildman–Crippen LogP) is 1.29. The summed E-state index contributed by atoms with van der Waals surface area (Å²) in [6, 6.07) is 0.781. The molecule has 1 aliphatic heterocycles. The fourth-order valence-electron chi connectivity index (χ4n) is 3.11. The van der Waals surface area contributed by atoms with Gasteiger partial charge in [0.15, 0.2) is 0 Å². The number of piperidine rings is 1. The summed E-state index contributed by atoms with van der Waals surface area (Å²) in [4.78, 5) is 0. The van der Waals surface area contributed by atoms with E-state index in [1.165, 1.54) is 19.3 Å². The molecule has 14 heavy (non-hydrogen) atoms. The highest BCUT2D eigenvalue weighted by molar-refractivity contribution is 5.16. The summed E-state index contributed by atoms with van der Waals surface area (Å²) in [6.07, 6.45) is 10.9. The van der Waals surface area contributed by atoms with Gasteiger partial charge in [-0.05, 0) is 19.8 Å². The number of fused-ring (bicyclic) bond motifs is 1. The Labute approximate surface area is 86.1 Å². The number of terminal acetylenes is 1. The van der Waals surface area contributed by atoms with Crippen LogP contribution in [0.2, 0.25) is 0 Å². The van der Waals surface area contributed by atoms with Crippen molar-refractivity contribution in [3.8, 4) is 12.3 Å². The fraction of sp³-hybridized carbons (Fsp3) is 0.833. The van der Waals surface area contributed by atoms with Gasteiger partial charge in [0.2, 0.25) is 0 Å². The average molecular weight is 193 g/mol. The van der Waals surface area contributed by atoms with E-state index in [1.807, 2.05) is 0 Å². The van der Waals surface area contributed by atoms with Crippen LogP contribution in [0.3, 0.4) is 0 Å². The van der Waals surface area contributed by atoms with E-state index in [1.54, 1.807) is 0 Å². The molecule has 2 fully saturated rings. The number of nitrogens with one attached hydrogen (secondary N) is 1. The first kappa shape index (κ1) is 10.0. The second kappa shape index (κ2) is 3.56. The summed E-state index contributed by atoms with van der Waals surface area (Å²) in [5.74, 6) is 2.90. The minimum Gasteiger partial charge on any atom is -0.377 e. The molecule has 2 N–H and O–H groups in total. The quantitative estimate of drug-likeness (QED) is 0.568. The van der Waals surface area contributed by atoms with Crippen molar-refractivity contribution in [1.82, 2.24) is 5.32 Å². The minimum absolute atomic E-state index is 0.275. The molecule has 2 heteroatoms. The zero-order valence-corrected chi connectivity index (χ0v) is 8.79. The van der Waals surface area contributed by atoms with E-state index in [4.69, 9.17) is 6.42 Å². The first-order chi connectivity index (χ1) is 6.65. The maximum absolute atomic E-state index is 10.4. The molecule has 2 rings (SSSR count). The summed E-state index contributed by atoms with van der Waals surface area (Å²) < 4.78 is 0. The fourth-order valence-corrected chi connectivity index (χ4v) is 3.11. The lowest BCUT2D eigenvalue weighted by Gasteiger charge is -2.47. The predicted molar refractivity (Wildman–Crippen MR) is 56.7 cm³/mol. The highest BCUT2D eigenvalue weighted by atomic mass is 16.3. The van der Waals surface area contributed by atoms with Gasteiger partial charge in [-0.15, -0.1) is 6.42 Å². The lowest BCUT2D eigenvalue weighted by atomic mass is 9.69. The van der Waals surface area contributed by atoms with Crippen molar-refractivity contribution in [2.45, 2.75) is 56.7 Å². The molecule has 78 valence electrons. The third kappa shape index (κ3) is 1.55. The Morgan fingerprint density at radius 3 is 2.86 bits per heavy atom. The molecule has 0 aromatic carbocycles. The molecule has 0 spiro atoms. The summed E-state index contributed by atoms with van der Waals surface area (Å²) >= 11 is 0. The summed E-state index contributed by atoms with van der Waals surface area (Å²) in [5.41, 5.74) is -0.851. The van der Waals surface area contributed by atoms with Gasteiger partial charge in [-0.25, -0.2) is 0 Å². The summed E-state index contributed by atoms with van der Waals surface area (Å²) in [6.45, 7) is 2.10. The minimum atomic E-state index is -0.851. The third-order valence-electron chi connectivity index (χ3n) is 3.75. The van der Waals surface area contributed by atoms with E-state index in [0.717, 1.165) is 6.42 Å². The SMILES string of the molecule is C#C[C@]1(O)C[C@H](C)N[C@@H]2CCCC[C@H]21. The molecule has 0 aromatic heterocycles. The molecule has 0 bridgehead atoms. The Hall–Kier alpha value is -0.520. The van der Waals surface area contributed by atoms with Gasteiger partial charge < -0.3 is 10.4 Å². The van der Waals surface area contributed by atoms with Gasteiger partial charge in [0, 0.05) is 24.4 Å². The second-order valence-corrected chi connectivity index (χ2v) is 4.84. The van der Waals surface area contributed by atoms with Crippen LogP contribution in [-0.2, 0) is 0 Å². The van der Waals surface area contributed by atoms with Crippen molar-refractivity contribution in [1.29, 1.82) is 0 Å². The second-order valence-electron chi connectivity index (χ2n) is 4.84. The molecule has 1 saturated heterocycles. The maximum atomic E-state index is 10.4. The van der Waals surface area contributed by atoms with Crippen LogP contribution in [0.5, 0.6) is 0 Å². The van der Waals surface area contributed by atoms with Gasteiger partial charge in [-0.3, -0.25) is 0 Å². The van der Waals surface area contributed by atoms with E-state index in [0.29, 0.717) is 18.5 Å². The van der Waals surface area contributed by atoms with Crippen LogP contribution in [-0.4, -0.2) is 22.8 Å². The molecule has 0 aromatic rings. The number of hydrogen-bond acceptors (Lipinski definition) is 2. The van der Waals surface area contributed by atoms with Gasteiger partial charge >= 0.3 is 0 Å². The van der Waals surface area contributed by atoms with Crippen LogP contribution >= 0.6 is 0 Å². The van der Waals surface area contributed by atoms with Crippen molar-refractivity contribution in [2.75, 3.05) is 0 Å². The lowest BCUT2D eigenvalue weighted by Crippen LogP contribution is -2.59. The van der Waals surface area contributed by atoms with Crippen molar-refractivity contribution < 1.29 is 5.11 Å². The Morgan fingerprint density at radius 2 is 2.14 bits per heavy atom. The standard InChI is InChI=1S/C12H19NO/c1-3-12(14)8-9(2)13-11-7-5-4-6-10(11)12/h1,9-11,13-14H,4-8H2,2H3/t9-,10+,11+,12-/m0/s1. The van der Waals surface area contributed by atoms with Crippen LogP contribution in [0.1, 0.15) is 39.0 Å². The average Bonchev–Trinajstić information content (AvgIpc) is 2.17. The molecular formula is C12H19NO. The highest BCUT2D eigenvalue weighted by Gasteiger charge is 2.45. The van der Waals surface area contributed by atoms with Crippen molar-refractivity contribution in [3.05, 3.63) is 0 Å². The Morgan fingerprint density at radius 1 is 1.43 bits per heavy atom. The van der Waals surface area contributed by atoms with Crippen LogP contribution in [0, 0.1) is 18.3 Å². The Bertz CT molecular complexity index is 258. The molecule has 4 atom stereocenters. The van der Waals surface area contributed by atoms with Crippen molar-refractivity contribution in [2.24, 2.45) is 5.92 Å². The van der Waals surface area contributed by atoms with Crippen LogP contribution < -0.4 is 5.32 Å². The molecule has 0 unspecified atom stereocenters. The molecule has 1 aliphatic carbocycles. The van der Waals surface area contributed by atoms with Gasteiger partial charge in [0.1, 0.15) is 5.60 Å². The molecule has 0 amide bonds. The van der Waals surface area contributed by atoms with Crippen molar-refractivity contribution in [3.63, 3.8) is 0 Å².